The Morgan fingerprint density at radius 2 is 0.857 bits per heavy atom. The Hall–Kier alpha value is -2.25. The Morgan fingerprint density at radius 3 is 1.29 bits per heavy atom. The molecule has 0 amide bonds. The van der Waals surface area contributed by atoms with Crippen LogP contribution in [0, 0.1) is 0 Å². The van der Waals surface area contributed by atoms with Gasteiger partial charge in [-0.2, -0.15) is 0 Å². The molecule has 0 aromatic carbocycles. The summed E-state index contributed by atoms with van der Waals surface area (Å²) in [6.07, 6.45) is 53.7. The van der Waals surface area contributed by atoms with Crippen LogP contribution in [0.1, 0.15) is 206 Å². The Kier molecular flexibility index (Phi) is 40.7. The van der Waals surface area contributed by atoms with Gasteiger partial charge in [-0.15, -0.1) is 0 Å². The fourth-order valence-corrected chi connectivity index (χ4v) is 6.58. The maximum absolute atomic E-state index is 12.4. The number of ether oxygens (including phenoxy) is 2. The molecule has 0 saturated heterocycles. The predicted molar refractivity (Wildman–Crippen MR) is 234 cm³/mol. The summed E-state index contributed by atoms with van der Waals surface area (Å²) in [5, 5.41) is 0. The van der Waals surface area contributed by atoms with E-state index in [0.717, 1.165) is 70.6 Å². The number of carbonyl (C=O) groups is 2. The molecule has 324 valence electrons. The van der Waals surface area contributed by atoms with Crippen LogP contribution in [0.25, 0.3) is 0 Å². The van der Waals surface area contributed by atoms with Gasteiger partial charge in [0.2, 0.25) is 0 Å². The molecule has 8 nitrogen and oxygen atoms in total. The Morgan fingerprint density at radius 1 is 0.482 bits per heavy atom. The molecule has 0 bridgehead atoms. The lowest BCUT2D eigenvalue weighted by Crippen LogP contribution is -2.29. The summed E-state index contributed by atoms with van der Waals surface area (Å²) in [4.78, 5) is 42.9. The number of hydrogen-bond donors (Lipinski definition) is 2. The summed E-state index contributed by atoms with van der Waals surface area (Å²) in [7, 11) is -4.77. The van der Waals surface area contributed by atoms with Gasteiger partial charge < -0.3 is 19.3 Å². The highest BCUT2D eigenvalue weighted by molar-refractivity contribution is 7.46. The average Bonchev–Trinajstić information content (AvgIpc) is 3.17. The first-order chi connectivity index (χ1) is 27.3. The normalized spacial score (nSPS) is 13.0. The number of allylic oxidation sites excluding steroid dienone is 10. The largest absolute Gasteiger partial charge is 0.469 e. The van der Waals surface area contributed by atoms with E-state index in [-0.39, 0.29) is 19.4 Å². The van der Waals surface area contributed by atoms with Crippen molar-refractivity contribution in [1.29, 1.82) is 0 Å². The molecule has 0 rings (SSSR count). The highest BCUT2D eigenvalue weighted by atomic mass is 31.2. The third kappa shape index (κ3) is 44.5. The summed E-state index contributed by atoms with van der Waals surface area (Å²) in [5.41, 5.74) is 0. The van der Waals surface area contributed by atoms with Crippen molar-refractivity contribution in [2.75, 3.05) is 13.2 Å². The van der Waals surface area contributed by atoms with E-state index in [1.165, 1.54) is 103 Å². The smallest absolute Gasteiger partial charge is 0.462 e. The molecule has 2 N–H and O–H groups in total. The van der Waals surface area contributed by atoms with Gasteiger partial charge >= 0.3 is 19.8 Å². The fourth-order valence-electron chi connectivity index (χ4n) is 6.22. The van der Waals surface area contributed by atoms with Crippen LogP contribution in [-0.4, -0.2) is 41.0 Å². The minimum absolute atomic E-state index is 0.172. The van der Waals surface area contributed by atoms with Gasteiger partial charge in [-0.1, -0.05) is 197 Å². The molecule has 0 aromatic rings. The minimum Gasteiger partial charge on any atom is -0.462 e. The molecular formula is C47H83O8P. The number of phosphoric ester groups is 1. The van der Waals surface area contributed by atoms with Gasteiger partial charge in [-0.05, 0) is 57.8 Å². The number of phosphoric acid groups is 1. The number of hydrogen-bond acceptors (Lipinski definition) is 6. The van der Waals surface area contributed by atoms with Gasteiger partial charge in [0.15, 0.2) is 6.10 Å². The number of esters is 2. The van der Waals surface area contributed by atoms with Crippen LogP contribution in [0.2, 0.25) is 0 Å². The van der Waals surface area contributed by atoms with Gasteiger partial charge in [0.1, 0.15) is 6.61 Å². The SMILES string of the molecule is CC/C=C\C/C=C\C/C=C\C/C=C\C/C=C\CCCCCC(=O)O[C@H](COC(=O)CCCCCCCCCCCCCCCCCCCCC)COP(=O)(O)O. The molecule has 1 atom stereocenters. The molecule has 0 aliphatic heterocycles. The van der Waals surface area contributed by atoms with E-state index in [1.54, 1.807) is 0 Å². The van der Waals surface area contributed by atoms with E-state index >= 15 is 0 Å². The molecule has 9 heteroatoms. The van der Waals surface area contributed by atoms with Crippen LogP contribution in [-0.2, 0) is 28.2 Å². The van der Waals surface area contributed by atoms with E-state index in [1.807, 2.05) is 0 Å². The second-order valence-electron chi connectivity index (χ2n) is 15.0. The van der Waals surface area contributed by atoms with E-state index in [2.05, 4.69) is 79.1 Å². The van der Waals surface area contributed by atoms with Gasteiger partial charge in [-0.25, -0.2) is 4.57 Å². The second-order valence-corrected chi connectivity index (χ2v) is 16.2. The lowest BCUT2D eigenvalue weighted by Gasteiger charge is -2.18. The van der Waals surface area contributed by atoms with Crippen LogP contribution >= 0.6 is 7.82 Å². The molecule has 0 aliphatic carbocycles. The fraction of sp³-hybridized carbons (Fsp3) is 0.745. The molecule has 0 aliphatic rings. The van der Waals surface area contributed by atoms with Crippen molar-refractivity contribution >= 4 is 19.8 Å². The molecule has 0 spiro atoms. The summed E-state index contributed by atoms with van der Waals surface area (Å²) in [6.45, 7) is 3.56. The van der Waals surface area contributed by atoms with Crippen molar-refractivity contribution in [3.05, 3.63) is 60.8 Å². The van der Waals surface area contributed by atoms with Gasteiger partial charge in [0.25, 0.3) is 0 Å². The molecular weight excluding hydrogens is 723 g/mol. The summed E-state index contributed by atoms with van der Waals surface area (Å²) in [5.74, 6) is -0.918. The monoisotopic (exact) mass is 807 g/mol. The van der Waals surface area contributed by atoms with Crippen molar-refractivity contribution in [3.8, 4) is 0 Å². The molecule has 56 heavy (non-hydrogen) atoms. The van der Waals surface area contributed by atoms with Crippen molar-refractivity contribution < 1.29 is 37.9 Å². The predicted octanol–water partition coefficient (Wildman–Crippen LogP) is 14.1. The zero-order chi connectivity index (χ0) is 41.1. The zero-order valence-electron chi connectivity index (χ0n) is 35.8. The standard InChI is InChI=1S/C47H83O8P/c1-3-5-7-9-11-13-15-17-19-21-23-25-27-29-31-33-35-37-39-41-46(48)53-43-45(44-54-56(50,51)52)55-47(49)42-40-38-36-34-32-30-28-26-24-22-20-18-16-14-12-10-8-6-4-2/h6,8,12,14,18,20,24,26,30,32,45H,3-5,7,9-11,13,15-17,19,21-23,25,27-29,31,33-44H2,1-2H3,(H2,50,51,52)/b8-6-,14-12-,20-18-,26-24-,32-30-/t45-/m1/s1. The van der Waals surface area contributed by atoms with Gasteiger partial charge in [0.05, 0.1) is 6.61 Å². The molecule has 0 aromatic heterocycles. The topological polar surface area (TPSA) is 119 Å². The Balaban J connectivity index is 3.94. The highest BCUT2D eigenvalue weighted by Gasteiger charge is 2.22. The van der Waals surface area contributed by atoms with Crippen LogP contribution < -0.4 is 0 Å². The Labute approximate surface area is 343 Å². The van der Waals surface area contributed by atoms with Crippen LogP contribution in [0.15, 0.2) is 60.8 Å². The quantitative estimate of drug-likeness (QED) is 0.0271. The van der Waals surface area contributed by atoms with Crippen LogP contribution in [0.3, 0.4) is 0 Å². The van der Waals surface area contributed by atoms with Crippen LogP contribution in [0.5, 0.6) is 0 Å². The van der Waals surface area contributed by atoms with Crippen molar-refractivity contribution in [2.24, 2.45) is 0 Å². The van der Waals surface area contributed by atoms with E-state index in [4.69, 9.17) is 19.3 Å². The second kappa shape index (κ2) is 42.4. The average molecular weight is 807 g/mol. The first-order valence-corrected chi connectivity index (χ1v) is 24.1. The molecule has 0 unspecified atom stereocenters. The number of rotatable bonds is 41. The summed E-state index contributed by atoms with van der Waals surface area (Å²) < 4.78 is 26.4. The maximum Gasteiger partial charge on any atom is 0.469 e. The highest BCUT2D eigenvalue weighted by Crippen LogP contribution is 2.36. The van der Waals surface area contributed by atoms with E-state index < -0.39 is 32.5 Å². The number of carbonyl (C=O) groups excluding carboxylic acids is 2. The van der Waals surface area contributed by atoms with E-state index in [9.17, 15) is 14.2 Å². The maximum atomic E-state index is 12.4. The minimum atomic E-state index is -4.77. The lowest BCUT2D eigenvalue weighted by atomic mass is 10.0. The first kappa shape index (κ1) is 53.8. The third-order valence-electron chi connectivity index (χ3n) is 9.55. The molecule has 0 heterocycles. The van der Waals surface area contributed by atoms with Crippen molar-refractivity contribution in [3.63, 3.8) is 0 Å². The summed E-state index contributed by atoms with van der Waals surface area (Å²) in [6, 6.07) is 0. The van der Waals surface area contributed by atoms with E-state index in [0.29, 0.717) is 6.42 Å². The molecule has 0 radical (unpaired) electrons. The molecule has 0 fully saturated rings. The van der Waals surface area contributed by atoms with Crippen molar-refractivity contribution in [1.82, 2.24) is 0 Å². The van der Waals surface area contributed by atoms with Gasteiger partial charge in [-0.3, -0.25) is 14.1 Å². The Bertz CT molecular complexity index is 1090. The number of unbranched alkanes of at least 4 members (excludes halogenated alkanes) is 21. The zero-order valence-corrected chi connectivity index (χ0v) is 36.7. The van der Waals surface area contributed by atoms with Crippen LogP contribution in [0.4, 0.5) is 0 Å². The first-order valence-electron chi connectivity index (χ1n) is 22.6. The van der Waals surface area contributed by atoms with Gasteiger partial charge in [0, 0.05) is 12.8 Å². The molecule has 0 saturated carbocycles. The summed E-state index contributed by atoms with van der Waals surface area (Å²) >= 11 is 0. The lowest BCUT2D eigenvalue weighted by molar-refractivity contribution is -0.161. The third-order valence-corrected chi connectivity index (χ3v) is 10.0. The van der Waals surface area contributed by atoms with Crippen molar-refractivity contribution in [2.45, 2.75) is 213 Å².